The minimum absolute atomic E-state index is 0.00128. The minimum atomic E-state index is -3.60. The highest BCUT2D eigenvalue weighted by atomic mass is 32.2. The third-order valence-corrected chi connectivity index (χ3v) is 5.34. The third kappa shape index (κ3) is 4.45. The molecule has 0 aliphatic heterocycles. The van der Waals surface area contributed by atoms with E-state index in [2.05, 4.69) is 11.3 Å². The van der Waals surface area contributed by atoms with Crippen molar-refractivity contribution in [2.24, 2.45) is 0 Å². The Morgan fingerprint density at radius 1 is 1.61 bits per heavy atom. The van der Waals surface area contributed by atoms with Gasteiger partial charge in [0.05, 0.1) is 4.90 Å². The van der Waals surface area contributed by atoms with Crippen LogP contribution in [-0.2, 0) is 10.0 Å². The van der Waals surface area contributed by atoms with Gasteiger partial charge in [0.15, 0.2) is 0 Å². The molecule has 1 heterocycles. The van der Waals surface area contributed by atoms with Gasteiger partial charge < -0.3 is 5.11 Å². The molecule has 18 heavy (non-hydrogen) atoms. The first-order chi connectivity index (χ1) is 8.47. The van der Waals surface area contributed by atoms with E-state index in [9.17, 15) is 13.2 Å². The van der Waals surface area contributed by atoms with Crippen molar-refractivity contribution in [2.75, 3.05) is 18.1 Å². The van der Waals surface area contributed by atoms with E-state index in [0.717, 1.165) is 23.2 Å². The summed E-state index contributed by atoms with van der Waals surface area (Å²) in [6.45, 7) is 3.86. The van der Waals surface area contributed by atoms with Crippen molar-refractivity contribution in [1.29, 1.82) is 0 Å². The SMILES string of the molecule is C=CCSCCNS(=O)(=O)c1csc(C(=O)O)c1. The molecule has 0 unspecified atom stereocenters. The summed E-state index contributed by atoms with van der Waals surface area (Å²) < 4.78 is 26.0. The molecule has 1 aromatic rings. The van der Waals surface area contributed by atoms with Crippen molar-refractivity contribution < 1.29 is 18.3 Å². The van der Waals surface area contributed by atoms with Crippen LogP contribution in [0.3, 0.4) is 0 Å². The van der Waals surface area contributed by atoms with Gasteiger partial charge in [-0.2, -0.15) is 11.8 Å². The number of carboxylic acids is 1. The first kappa shape index (κ1) is 15.2. The molecule has 0 atom stereocenters. The quantitative estimate of drug-likeness (QED) is 0.563. The Hall–Kier alpha value is -0.830. The molecule has 0 saturated carbocycles. The zero-order valence-electron chi connectivity index (χ0n) is 9.46. The number of thiophene rings is 1. The van der Waals surface area contributed by atoms with Gasteiger partial charge in [0.1, 0.15) is 4.88 Å². The molecular weight excluding hydrogens is 294 g/mol. The number of sulfonamides is 1. The highest BCUT2D eigenvalue weighted by Gasteiger charge is 2.17. The topological polar surface area (TPSA) is 83.5 Å². The molecule has 0 aliphatic carbocycles. The molecule has 100 valence electrons. The maximum absolute atomic E-state index is 11.8. The van der Waals surface area contributed by atoms with Crippen LogP contribution in [0.15, 0.2) is 29.0 Å². The van der Waals surface area contributed by atoms with Gasteiger partial charge in [-0.3, -0.25) is 0 Å². The fourth-order valence-electron chi connectivity index (χ4n) is 1.07. The molecule has 0 aliphatic rings. The number of hydrogen-bond donors (Lipinski definition) is 2. The lowest BCUT2D eigenvalue weighted by Crippen LogP contribution is -2.25. The molecule has 8 heteroatoms. The lowest BCUT2D eigenvalue weighted by atomic mass is 10.5. The van der Waals surface area contributed by atoms with Crippen LogP contribution >= 0.6 is 23.1 Å². The van der Waals surface area contributed by atoms with Gasteiger partial charge in [-0.1, -0.05) is 6.08 Å². The smallest absolute Gasteiger partial charge is 0.345 e. The Kier molecular flexibility index (Phi) is 5.86. The molecule has 2 N–H and O–H groups in total. The Morgan fingerprint density at radius 3 is 2.89 bits per heavy atom. The van der Waals surface area contributed by atoms with E-state index in [-0.39, 0.29) is 9.77 Å². The molecule has 0 spiro atoms. The zero-order valence-corrected chi connectivity index (χ0v) is 11.9. The molecule has 1 aromatic heterocycles. The molecule has 0 aromatic carbocycles. The van der Waals surface area contributed by atoms with Crippen molar-refractivity contribution in [3.63, 3.8) is 0 Å². The molecule has 0 amide bonds. The Balaban J connectivity index is 2.57. The van der Waals surface area contributed by atoms with Gasteiger partial charge in [0.2, 0.25) is 10.0 Å². The fraction of sp³-hybridized carbons (Fsp3) is 0.300. The summed E-state index contributed by atoms with van der Waals surface area (Å²) >= 11 is 2.46. The summed E-state index contributed by atoms with van der Waals surface area (Å²) in [5.41, 5.74) is 0. The number of carboxylic acid groups (broad SMARTS) is 1. The summed E-state index contributed by atoms with van der Waals surface area (Å²) in [7, 11) is -3.60. The first-order valence-corrected chi connectivity index (χ1v) is 8.49. The van der Waals surface area contributed by atoms with Gasteiger partial charge in [0.25, 0.3) is 0 Å². The second-order valence-electron chi connectivity index (χ2n) is 3.21. The average Bonchev–Trinajstić information content (AvgIpc) is 2.78. The van der Waals surface area contributed by atoms with Gasteiger partial charge in [-0.15, -0.1) is 17.9 Å². The highest BCUT2D eigenvalue weighted by Crippen LogP contribution is 2.19. The summed E-state index contributed by atoms with van der Waals surface area (Å²) in [6.07, 6.45) is 1.75. The summed E-state index contributed by atoms with van der Waals surface area (Å²) in [5, 5.41) is 10.0. The van der Waals surface area contributed by atoms with E-state index < -0.39 is 16.0 Å². The Bertz CT molecular complexity index is 521. The van der Waals surface area contributed by atoms with Crippen LogP contribution in [0.4, 0.5) is 0 Å². The predicted molar refractivity (Wildman–Crippen MR) is 74.0 cm³/mol. The second kappa shape index (κ2) is 6.93. The third-order valence-electron chi connectivity index (χ3n) is 1.87. The number of hydrogen-bond acceptors (Lipinski definition) is 5. The molecule has 0 bridgehead atoms. The van der Waals surface area contributed by atoms with E-state index in [1.54, 1.807) is 17.8 Å². The summed E-state index contributed by atoms with van der Waals surface area (Å²) in [5.74, 6) is 0.285. The van der Waals surface area contributed by atoms with Gasteiger partial charge in [-0.05, 0) is 6.07 Å². The maximum atomic E-state index is 11.8. The van der Waals surface area contributed by atoms with Crippen molar-refractivity contribution in [1.82, 2.24) is 4.72 Å². The van der Waals surface area contributed by atoms with Crippen LogP contribution in [0.2, 0.25) is 0 Å². The van der Waals surface area contributed by atoms with Gasteiger partial charge in [-0.25, -0.2) is 17.9 Å². The summed E-state index contributed by atoms with van der Waals surface area (Å²) in [4.78, 5) is 10.7. The molecule has 5 nitrogen and oxygen atoms in total. The van der Waals surface area contributed by atoms with Gasteiger partial charge in [0, 0.05) is 23.4 Å². The number of nitrogens with one attached hydrogen (secondary N) is 1. The number of rotatable bonds is 8. The maximum Gasteiger partial charge on any atom is 0.345 e. The van der Waals surface area contributed by atoms with Crippen LogP contribution in [-0.4, -0.2) is 37.5 Å². The lowest BCUT2D eigenvalue weighted by molar-refractivity contribution is 0.0702. The second-order valence-corrected chi connectivity index (χ2v) is 7.04. The predicted octanol–water partition coefficient (Wildman–Crippen LogP) is 1.64. The van der Waals surface area contributed by atoms with Crippen LogP contribution < -0.4 is 4.72 Å². The summed E-state index contributed by atoms with van der Waals surface area (Å²) in [6, 6.07) is 1.16. The first-order valence-electron chi connectivity index (χ1n) is 4.97. The number of carbonyl (C=O) groups is 1. The standard InChI is InChI=1S/C10H13NO4S3/c1-2-4-16-5-3-11-18(14,15)8-6-9(10(12)13)17-7-8/h2,6-7,11H,1,3-5H2,(H,12,13). The van der Waals surface area contributed by atoms with E-state index >= 15 is 0 Å². The van der Waals surface area contributed by atoms with Crippen LogP contribution in [0.5, 0.6) is 0 Å². The van der Waals surface area contributed by atoms with Crippen molar-refractivity contribution in [3.8, 4) is 0 Å². The molecule has 0 saturated heterocycles. The van der Waals surface area contributed by atoms with Crippen LogP contribution in [0.1, 0.15) is 9.67 Å². The van der Waals surface area contributed by atoms with E-state index in [4.69, 9.17) is 5.11 Å². The number of thioether (sulfide) groups is 1. The van der Waals surface area contributed by atoms with Gasteiger partial charge >= 0.3 is 5.97 Å². The normalized spacial score (nSPS) is 11.3. The van der Waals surface area contributed by atoms with Crippen molar-refractivity contribution in [3.05, 3.63) is 29.0 Å². The van der Waals surface area contributed by atoms with E-state index in [0.29, 0.717) is 12.3 Å². The Morgan fingerprint density at radius 2 is 2.33 bits per heavy atom. The van der Waals surface area contributed by atoms with Crippen LogP contribution in [0.25, 0.3) is 0 Å². The van der Waals surface area contributed by atoms with Crippen LogP contribution in [0, 0.1) is 0 Å². The van der Waals surface area contributed by atoms with E-state index in [1.807, 2.05) is 0 Å². The van der Waals surface area contributed by atoms with Crippen molar-refractivity contribution >= 4 is 39.1 Å². The van der Waals surface area contributed by atoms with E-state index in [1.165, 1.54) is 5.38 Å². The highest BCUT2D eigenvalue weighted by molar-refractivity contribution is 7.99. The minimum Gasteiger partial charge on any atom is -0.477 e. The molecule has 0 radical (unpaired) electrons. The lowest BCUT2D eigenvalue weighted by Gasteiger charge is -2.03. The monoisotopic (exact) mass is 307 g/mol. The zero-order chi connectivity index (χ0) is 13.6. The number of aromatic carboxylic acids is 1. The Labute approximate surface area is 114 Å². The largest absolute Gasteiger partial charge is 0.477 e. The molecule has 0 fully saturated rings. The molecule has 1 rings (SSSR count). The molecular formula is C10H13NO4S3. The van der Waals surface area contributed by atoms with Crippen molar-refractivity contribution in [2.45, 2.75) is 4.90 Å². The average molecular weight is 307 g/mol. The fourth-order valence-corrected chi connectivity index (χ4v) is 3.92.